The minimum absolute atomic E-state index is 0.0528. The van der Waals surface area contributed by atoms with Gasteiger partial charge in [0.2, 0.25) is 0 Å². The summed E-state index contributed by atoms with van der Waals surface area (Å²) in [6, 6.07) is 8.74. The molecule has 0 aliphatic carbocycles. The normalized spacial score (nSPS) is 10.5. The van der Waals surface area contributed by atoms with Gasteiger partial charge in [-0.15, -0.1) is 0 Å². The number of benzene rings is 1. The van der Waals surface area contributed by atoms with Crippen molar-refractivity contribution >= 4 is 0 Å². The zero-order valence-corrected chi connectivity index (χ0v) is 9.35. The molecule has 0 aliphatic heterocycles. The van der Waals surface area contributed by atoms with Crippen LogP contribution in [-0.2, 0) is 6.54 Å². The van der Waals surface area contributed by atoms with E-state index in [0.717, 1.165) is 6.07 Å². The summed E-state index contributed by atoms with van der Waals surface area (Å²) in [6.07, 6.45) is 0. The molecule has 2 rings (SSSR count). The second-order valence-electron chi connectivity index (χ2n) is 3.91. The fourth-order valence-corrected chi connectivity index (χ4v) is 1.73. The quantitative estimate of drug-likeness (QED) is 0.862. The molecule has 2 aromatic rings. The van der Waals surface area contributed by atoms with Crippen molar-refractivity contribution in [3.8, 4) is 5.75 Å². The van der Waals surface area contributed by atoms with Gasteiger partial charge in [-0.1, -0.05) is 12.1 Å². The molecule has 0 fully saturated rings. The molecule has 0 saturated heterocycles. The third-order valence-corrected chi connectivity index (χ3v) is 2.55. The van der Waals surface area contributed by atoms with Gasteiger partial charge >= 0.3 is 0 Å². The van der Waals surface area contributed by atoms with Crippen LogP contribution in [-0.4, -0.2) is 9.67 Å². The van der Waals surface area contributed by atoms with Crippen LogP contribution in [0.3, 0.4) is 0 Å². The highest BCUT2D eigenvalue weighted by molar-refractivity contribution is 5.23. The van der Waals surface area contributed by atoms with Gasteiger partial charge in [0, 0.05) is 11.8 Å². The van der Waals surface area contributed by atoms with E-state index >= 15 is 0 Å². The molecule has 1 heterocycles. The van der Waals surface area contributed by atoms with Crippen molar-refractivity contribution in [3.05, 3.63) is 63.8 Å². The molecule has 88 valence electrons. The first kappa shape index (κ1) is 11.4. The monoisotopic (exact) mass is 233 g/mol. The van der Waals surface area contributed by atoms with Crippen LogP contribution in [0.25, 0.3) is 0 Å². The van der Waals surface area contributed by atoms with Crippen LogP contribution in [0.4, 0.5) is 4.39 Å². The van der Waals surface area contributed by atoms with E-state index in [1.807, 2.05) is 0 Å². The molecule has 4 heteroatoms. The van der Waals surface area contributed by atoms with Gasteiger partial charge in [-0.05, 0) is 30.7 Å². The number of nitrogens with zero attached hydrogens (tertiary/aromatic N) is 1. The highest BCUT2D eigenvalue weighted by atomic mass is 19.1. The number of aromatic hydroxyl groups is 1. The molecule has 0 bridgehead atoms. The lowest BCUT2D eigenvalue weighted by atomic mass is 10.2. The van der Waals surface area contributed by atoms with Crippen LogP contribution in [0.1, 0.15) is 11.3 Å². The van der Waals surface area contributed by atoms with E-state index in [1.54, 1.807) is 19.1 Å². The summed E-state index contributed by atoms with van der Waals surface area (Å²) in [5, 5.41) is 9.26. The Balaban J connectivity index is 2.40. The maximum Gasteiger partial charge on any atom is 0.254 e. The Morgan fingerprint density at radius 2 is 2.06 bits per heavy atom. The third kappa shape index (κ3) is 2.53. The highest BCUT2D eigenvalue weighted by Gasteiger charge is 2.04. The predicted molar refractivity (Wildman–Crippen MR) is 62.6 cm³/mol. The molecule has 1 N–H and O–H groups in total. The molecule has 1 aromatic carbocycles. The fraction of sp³-hybridized carbons (Fsp3) is 0.154. The first-order valence-electron chi connectivity index (χ1n) is 5.21. The van der Waals surface area contributed by atoms with Crippen LogP contribution in [0.15, 0.2) is 41.2 Å². The average Bonchev–Trinajstić information content (AvgIpc) is 2.23. The number of halogens is 1. The minimum atomic E-state index is -0.327. The van der Waals surface area contributed by atoms with Crippen LogP contribution < -0.4 is 5.56 Å². The molecule has 0 atom stereocenters. The molecule has 0 radical (unpaired) electrons. The summed E-state index contributed by atoms with van der Waals surface area (Å²) in [5.41, 5.74) is 1.05. The van der Waals surface area contributed by atoms with Crippen molar-refractivity contribution < 1.29 is 9.50 Å². The number of hydrogen-bond acceptors (Lipinski definition) is 2. The number of rotatable bonds is 2. The maximum absolute atomic E-state index is 13.0. The summed E-state index contributed by atoms with van der Waals surface area (Å²) < 4.78 is 14.5. The van der Waals surface area contributed by atoms with E-state index in [0.29, 0.717) is 17.8 Å². The van der Waals surface area contributed by atoms with E-state index in [1.165, 1.54) is 22.8 Å². The minimum Gasteiger partial charge on any atom is -0.508 e. The Kier molecular flexibility index (Phi) is 2.95. The molecular weight excluding hydrogens is 221 g/mol. The lowest BCUT2D eigenvalue weighted by Crippen LogP contribution is -2.21. The molecule has 0 amide bonds. The lowest BCUT2D eigenvalue weighted by molar-refractivity contribution is 0.470. The molecule has 0 saturated carbocycles. The van der Waals surface area contributed by atoms with Crippen LogP contribution in [0.2, 0.25) is 0 Å². The van der Waals surface area contributed by atoms with E-state index < -0.39 is 0 Å². The van der Waals surface area contributed by atoms with Gasteiger partial charge in [0.1, 0.15) is 11.6 Å². The van der Waals surface area contributed by atoms with Crippen LogP contribution in [0, 0.1) is 12.7 Å². The molecular formula is C13H12FNO2. The van der Waals surface area contributed by atoms with Crippen molar-refractivity contribution in [2.75, 3.05) is 0 Å². The number of aryl methyl sites for hydroxylation is 1. The van der Waals surface area contributed by atoms with Crippen LogP contribution >= 0.6 is 0 Å². The van der Waals surface area contributed by atoms with Gasteiger partial charge in [-0.25, -0.2) is 4.39 Å². The number of pyridine rings is 1. The van der Waals surface area contributed by atoms with Gasteiger partial charge < -0.3 is 9.67 Å². The van der Waals surface area contributed by atoms with E-state index in [2.05, 4.69) is 0 Å². The van der Waals surface area contributed by atoms with Crippen molar-refractivity contribution in [1.29, 1.82) is 0 Å². The molecule has 0 unspecified atom stereocenters. The Labute approximate surface area is 97.8 Å². The average molecular weight is 233 g/mol. The van der Waals surface area contributed by atoms with Crippen molar-refractivity contribution in [1.82, 2.24) is 4.57 Å². The maximum atomic E-state index is 13.0. The van der Waals surface area contributed by atoms with Crippen molar-refractivity contribution in [2.45, 2.75) is 13.5 Å². The zero-order chi connectivity index (χ0) is 12.4. The molecule has 0 spiro atoms. The number of hydrogen-bond donors (Lipinski definition) is 1. The Bertz CT molecular complexity index is 605. The van der Waals surface area contributed by atoms with Gasteiger partial charge in [0.25, 0.3) is 5.56 Å². The SMILES string of the molecule is Cc1cc(O)cc(=O)n1Cc1cccc(F)c1. The van der Waals surface area contributed by atoms with Gasteiger partial charge in [-0.3, -0.25) is 4.79 Å². The van der Waals surface area contributed by atoms with Crippen LogP contribution in [0.5, 0.6) is 5.75 Å². The largest absolute Gasteiger partial charge is 0.508 e. The summed E-state index contributed by atoms with van der Waals surface area (Å²) in [6.45, 7) is 2.02. The molecule has 3 nitrogen and oxygen atoms in total. The molecule has 1 aromatic heterocycles. The smallest absolute Gasteiger partial charge is 0.254 e. The molecule has 0 aliphatic rings. The Morgan fingerprint density at radius 1 is 1.29 bits per heavy atom. The van der Waals surface area contributed by atoms with Gasteiger partial charge in [-0.2, -0.15) is 0 Å². The number of aromatic nitrogens is 1. The second-order valence-corrected chi connectivity index (χ2v) is 3.91. The topological polar surface area (TPSA) is 42.2 Å². The second kappa shape index (κ2) is 4.41. The van der Waals surface area contributed by atoms with E-state index in [4.69, 9.17) is 0 Å². The lowest BCUT2D eigenvalue weighted by Gasteiger charge is -2.10. The first-order valence-corrected chi connectivity index (χ1v) is 5.21. The fourth-order valence-electron chi connectivity index (χ4n) is 1.73. The zero-order valence-electron chi connectivity index (χ0n) is 9.35. The third-order valence-electron chi connectivity index (χ3n) is 2.55. The van der Waals surface area contributed by atoms with Crippen molar-refractivity contribution in [3.63, 3.8) is 0 Å². The highest BCUT2D eigenvalue weighted by Crippen LogP contribution is 2.10. The first-order chi connectivity index (χ1) is 8.06. The van der Waals surface area contributed by atoms with E-state index in [-0.39, 0.29) is 17.1 Å². The Hall–Kier alpha value is -2.10. The van der Waals surface area contributed by atoms with Gasteiger partial charge in [0.15, 0.2) is 0 Å². The summed E-state index contributed by atoms with van der Waals surface area (Å²) in [5.74, 6) is -0.380. The van der Waals surface area contributed by atoms with E-state index in [9.17, 15) is 14.3 Å². The summed E-state index contributed by atoms with van der Waals surface area (Å²) in [4.78, 5) is 11.7. The summed E-state index contributed by atoms with van der Waals surface area (Å²) >= 11 is 0. The van der Waals surface area contributed by atoms with Gasteiger partial charge in [0.05, 0.1) is 6.54 Å². The molecule has 17 heavy (non-hydrogen) atoms. The standard InChI is InChI=1S/C13H12FNO2/c1-9-5-12(16)7-13(17)15(9)8-10-3-2-4-11(14)6-10/h2-7,16H,8H2,1H3. The Morgan fingerprint density at radius 3 is 2.71 bits per heavy atom. The summed E-state index contributed by atoms with van der Waals surface area (Å²) in [7, 11) is 0. The predicted octanol–water partition coefficient (Wildman–Crippen LogP) is 2.05. The van der Waals surface area contributed by atoms with Crippen molar-refractivity contribution in [2.24, 2.45) is 0 Å².